The number of aromatic nitrogens is 2. The normalized spacial score (nSPS) is 15.4. The van der Waals surface area contributed by atoms with Crippen molar-refractivity contribution in [1.82, 2.24) is 9.97 Å². The molecule has 1 aliphatic heterocycles. The highest BCUT2D eigenvalue weighted by atomic mass is 35.5. The monoisotopic (exact) mass is 407 g/mol. The average molecular weight is 408 g/mol. The summed E-state index contributed by atoms with van der Waals surface area (Å²) in [7, 11) is 0. The quantitative estimate of drug-likeness (QED) is 0.561. The van der Waals surface area contributed by atoms with E-state index in [1.54, 1.807) is 0 Å². The van der Waals surface area contributed by atoms with Gasteiger partial charge in [-0.05, 0) is 45.2 Å². The van der Waals surface area contributed by atoms with E-state index in [1.165, 1.54) is 11.1 Å². The number of aryl methyl sites for hydroxylation is 2. The third-order valence-corrected chi connectivity index (χ3v) is 5.75. The summed E-state index contributed by atoms with van der Waals surface area (Å²) in [6, 6.07) is 16.4. The van der Waals surface area contributed by atoms with Crippen LogP contribution in [0.15, 0.2) is 48.5 Å². The van der Waals surface area contributed by atoms with Crippen molar-refractivity contribution in [3.63, 3.8) is 0 Å². The Morgan fingerprint density at radius 2 is 1.69 bits per heavy atom. The number of nitrogens with zero attached hydrogens (tertiary/aromatic N) is 3. The number of rotatable bonds is 3. The molecule has 0 bridgehead atoms. The molecule has 0 saturated carbocycles. The van der Waals surface area contributed by atoms with E-state index < -0.39 is 0 Å². The molecular formula is C24H26ClN3O. The SMILES string of the molecule is Cc1ccc(C(=O)c2nc(C)c(C)c(N3CCc4ccccc4C3C)n2)cc1.Cl. The van der Waals surface area contributed by atoms with Crippen LogP contribution in [0.25, 0.3) is 0 Å². The van der Waals surface area contributed by atoms with Gasteiger partial charge in [0.25, 0.3) is 0 Å². The maximum absolute atomic E-state index is 13.0. The molecule has 1 aromatic heterocycles. The molecule has 4 nitrogen and oxygen atoms in total. The Labute approximate surface area is 178 Å². The standard InChI is InChI=1S/C24H25N3O.ClH/c1-15-9-11-20(12-10-15)22(28)23-25-17(3)16(2)24(26-23)27-14-13-19-7-5-6-8-21(19)18(27)4;/h5-12,18H,13-14H2,1-4H3;1H. The van der Waals surface area contributed by atoms with E-state index in [9.17, 15) is 4.79 Å². The average Bonchev–Trinajstić information content (AvgIpc) is 2.71. The number of fused-ring (bicyclic) bond motifs is 1. The van der Waals surface area contributed by atoms with Gasteiger partial charge in [0.05, 0.1) is 6.04 Å². The first-order valence-corrected chi connectivity index (χ1v) is 9.76. The number of carbonyl (C=O) groups is 1. The Balaban J connectivity index is 0.00000240. The number of benzene rings is 2. The fraction of sp³-hybridized carbons (Fsp3) is 0.292. The molecule has 0 aliphatic carbocycles. The Morgan fingerprint density at radius 3 is 2.41 bits per heavy atom. The smallest absolute Gasteiger partial charge is 0.230 e. The fourth-order valence-corrected chi connectivity index (χ4v) is 3.89. The predicted molar refractivity (Wildman–Crippen MR) is 119 cm³/mol. The van der Waals surface area contributed by atoms with Gasteiger partial charge in [0.1, 0.15) is 5.82 Å². The second-order valence-corrected chi connectivity index (χ2v) is 7.59. The summed E-state index contributed by atoms with van der Waals surface area (Å²) in [6.07, 6.45) is 0.976. The lowest BCUT2D eigenvalue weighted by molar-refractivity contribution is 0.102. The lowest BCUT2D eigenvalue weighted by Gasteiger charge is -2.37. The molecule has 0 saturated heterocycles. The van der Waals surface area contributed by atoms with E-state index in [-0.39, 0.29) is 30.1 Å². The summed E-state index contributed by atoms with van der Waals surface area (Å²) in [5.74, 6) is 1.01. The molecule has 0 amide bonds. The van der Waals surface area contributed by atoms with Gasteiger partial charge >= 0.3 is 0 Å². The fourth-order valence-electron chi connectivity index (χ4n) is 3.89. The summed E-state index contributed by atoms with van der Waals surface area (Å²) >= 11 is 0. The van der Waals surface area contributed by atoms with Gasteiger partial charge in [-0.2, -0.15) is 0 Å². The van der Waals surface area contributed by atoms with Gasteiger partial charge in [0.2, 0.25) is 11.6 Å². The van der Waals surface area contributed by atoms with E-state index in [4.69, 9.17) is 4.98 Å². The highest BCUT2D eigenvalue weighted by Gasteiger charge is 2.27. The highest BCUT2D eigenvalue weighted by molar-refractivity contribution is 6.06. The second-order valence-electron chi connectivity index (χ2n) is 7.59. The highest BCUT2D eigenvalue weighted by Crippen LogP contribution is 2.34. The molecule has 2 heterocycles. The van der Waals surface area contributed by atoms with Crippen molar-refractivity contribution in [1.29, 1.82) is 0 Å². The van der Waals surface area contributed by atoms with E-state index in [2.05, 4.69) is 41.1 Å². The van der Waals surface area contributed by atoms with Crippen LogP contribution in [0.5, 0.6) is 0 Å². The molecule has 1 unspecified atom stereocenters. The van der Waals surface area contributed by atoms with Crippen LogP contribution in [0.1, 0.15) is 57.1 Å². The molecule has 3 aromatic rings. The summed E-state index contributed by atoms with van der Waals surface area (Å²) in [6.45, 7) is 9.09. The van der Waals surface area contributed by atoms with Crippen molar-refractivity contribution in [3.8, 4) is 0 Å². The van der Waals surface area contributed by atoms with Crippen LogP contribution in [0.4, 0.5) is 5.82 Å². The molecule has 29 heavy (non-hydrogen) atoms. The minimum atomic E-state index is -0.130. The van der Waals surface area contributed by atoms with Gasteiger partial charge in [-0.3, -0.25) is 4.79 Å². The van der Waals surface area contributed by atoms with Crippen molar-refractivity contribution >= 4 is 24.0 Å². The number of anilines is 1. The maximum Gasteiger partial charge on any atom is 0.230 e. The van der Waals surface area contributed by atoms with Crippen molar-refractivity contribution in [3.05, 3.63) is 87.9 Å². The van der Waals surface area contributed by atoms with Crippen molar-refractivity contribution < 1.29 is 4.79 Å². The van der Waals surface area contributed by atoms with E-state index in [0.717, 1.165) is 35.6 Å². The Hall–Kier alpha value is -2.72. The molecule has 150 valence electrons. The summed E-state index contributed by atoms with van der Waals surface area (Å²) < 4.78 is 0. The maximum atomic E-state index is 13.0. The zero-order valence-corrected chi connectivity index (χ0v) is 18.1. The van der Waals surface area contributed by atoms with Crippen LogP contribution < -0.4 is 4.90 Å². The summed E-state index contributed by atoms with van der Waals surface area (Å²) in [5, 5.41) is 0. The lowest BCUT2D eigenvalue weighted by Crippen LogP contribution is -2.35. The van der Waals surface area contributed by atoms with Crippen molar-refractivity contribution in [2.45, 2.75) is 40.2 Å². The molecule has 0 fully saturated rings. The predicted octanol–water partition coefficient (Wildman–Crippen LogP) is 5.18. The molecule has 4 rings (SSSR count). The third kappa shape index (κ3) is 3.90. The van der Waals surface area contributed by atoms with Crippen LogP contribution in [-0.4, -0.2) is 22.3 Å². The molecule has 0 N–H and O–H groups in total. The molecule has 1 atom stereocenters. The van der Waals surface area contributed by atoms with Crippen LogP contribution in [0.3, 0.4) is 0 Å². The number of carbonyl (C=O) groups excluding carboxylic acids is 1. The number of ketones is 1. The Kier molecular flexibility index (Phi) is 6.04. The second kappa shape index (κ2) is 8.34. The van der Waals surface area contributed by atoms with Crippen LogP contribution in [0, 0.1) is 20.8 Å². The zero-order chi connectivity index (χ0) is 19.8. The Bertz CT molecular complexity index is 1050. The minimum Gasteiger partial charge on any atom is -0.349 e. The van der Waals surface area contributed by atoms with Gasteiger partial charge in [-0.15, -0.1) is 12.4 Å². The summed E-state index contributed by atoms with van der Waals surface area (Å²) in [4.78, 5) is 24.5. The number of halogens is 1. The number of hydrogen-bond acceptors (Lipinski definition) is 4. The van der Waals surface area contributed by atoms with Gasteiger partial charge in [-0.25, -0.2) is 9.97 Å². The lowest BCUT2D eigenvalue weighted by atomic mass is 9.93. The molecule has 2 aromatic carbocycles. The van der Waals surface area contributed by atoms with Gasteiger partial charge in [0.15, 0.2) is 0 Å². The van der Waals surface area contributed by atoms with E-state index in [0.29, 0.717) is 5.56 Å². The molecule has 0 radical (unpaired) electrons. The van der Waals surface area contributed by atoms with Crippen molar-refractivity contribution in [2.75, 3.05) is 11.4 Å². The summed E-state index contributed by atoms with van der Waals surface area (Å²) in [5.41, 5.74) is 6.36. The van der Waals surface area contributed by atoms with Gasteiger partial charge in [-0.1, -0.05) is 54.1 Å². The first-order valence-electron chi connectivity index (χ1n) is 9.76. The minimum absolute atomic E-state index is 0. The van der Waals surface area contributed by atoms with Crippen LogP contribution in [-0.2, 0) is 6.42 Å². The third-order valence-electron chi connectivity index (χ3n) is 5.75. The van der Waals surface area contributed by atoms with Crippen LogP contribution >= 0.6 is 12.4 Å². The largest absolute Gasteiger partial charge is 0.349 e. The molecular weight excluding hydrogens is 382 g/mol. The van der Waals surface area contributed by atoms with Gasteiger partial charge in [0, 0.05) is 23.4 Å². The first-order chi connectivity index (χ1) is 13.5. The van der Waals surface area contributed by atoms with Crippen molar-refractivity contribution in [2.24, 2.45) is 0 Å². The zero-order valence-electron chi connectivity index (χ0n) is 17.3. The van der Waals surface area contributed by atoms with E-state index in [1.807, 2.05) is 45.0 Å². The molecule has 1 aliphatic rings. The van der Waals surface area contributed by atoms with Crippen LogP contribution in [0.2, 0.25) is 0 Å². The molecule has 0 spiro atoms. The topological polar surface area (TPSA) is 46.1 Å². The Morgan fingerprint density at radius 1 is 1.00 bits per heavy atom. The van der Waals surface area contributed by atoms with Gasteiger partial charge < -0.3 is 4.90 Å². The first kappa shape index (κ1) is 21.0. The number of hydrogen-bond donors (Lipinski definition) is 0. The van der Waals surface area contributed by atoms with E-state index >= 15 is 0 Å². The molecule has 5 heteroatoms.